The van der Waals surface area contributed by atoms with Crippen LogP contribution in [-0.2, 0) is 16.1 Å². The van der Waals surface area contributed by atoms with E-state index in [1.54, 1.807) is 13.1 Å². The Kier molecular flexibility index (Phi) is 7.71. The Hall–Kier alpha value is -1.66. The third kappa shape index (κ3) is 7.06. The molecule has 118 valence electrons. The first-order valence-electron chi connectivity index (χ1n) is 7.17. The Morgan fingerprint density at radius 2 is 2.24 bits per heavy atom. The van der Waals surface area contributed by atoms with Gasteiger partial charge in [0.05, 0.1) is 25.2 Å². The first-order valence-corrected chi connectivity index (χ1v) is 7.17. The van der Waals surface area contributed by atoms with Crippen LogP contribution in [0.5, 0.6) is 5.88 Å². The molecule has 0 fully saturated rings. The number of aliphatic hydroxyl groups excluding tert-OH is 1. The lowest BCUT2D eigenvalue weighted by Gasteiger charge is -2.14. The van der Waals surface area contributed by atoms with Gasteiger partial charge in [-0.1, -0.05) is 6.07 Å². The number of carbonyl (C=O) groups is 1. The average molecular weight is 296 g/mol. The van der Waals surface area contributed by atoms with Crippen molar-refractivity contribution in [1.82, 2.24) is 10.3 Å². The molecule has 6 nitrogen and oxygen atoms in total. The van der Waals surface area contributed by atoms with Gasteiger partial charge in [-0.25, -0.2) is 4.98 Å². The Labute approximate surface area is 125 Å². The van der Waals surface area contributed by atoms with Crippen molar-refractivity contribution in [3.8, 4) is 5.88 Å². The van der Waals surface area contributed by atoms with E-state index >= 15 is 0 Å². The molecular formula is C15H24N2O4. The molecule has 0 aromatic carbocycles. The van der Waals surface area contributed by atoms with Gasteiger partial charge in [-0.15, -0.1) is 0 Å². The van der Waals surface area contributed by atoms with E-state index in [1.165, 1.54) is 0 Å². The Balaban J connectivity index is 2.40. The van der Waals surface area contributed by atoms with Crippen molar-refractivity contribution in [1.29, 1.82) is 0 Å². The lowest BCUT2D eigenvalue weighted by Crippen LogP contribution is -2.29. The second kappa shape index (κ2) is 9.31. The fourth-order valence-corrected chi connectivity index (χ4v) is 1.75. The molecule has 0 saturated heterocycles. The zero-order valence-electron chi connectivity index (χ0n) is 12.8. The standard InChI is InChI=1S/C15H24N2O4/c1-4-20-14(19)8-13(18)10-16-9-12-6-5-7-17-15(12)21-11(2)3/h5-7,11,13,16,18H,4,8-10H2,1-3H3. The lowest BCUT2D eigenvalue weighted by atomic mass is 10.2. The molecule has 1 atom stereocenters. The molecule has 0 aliphatic carbocycles. The number of hydrogen-bond donors (Lipinski definition) is 2. The van der Waals surface area contributed by atoms with Crippen molar-refractivity contribution in [2.75, 3.05) is 13.2 Å². The van der Waals surface area contributed by atoms with Gasteiger partial charge in [0, 0.05) is 24.8 Å². The van der Waals surface area contributed by atoms with E-state index in [-0.39, 0.29) is 12.5 Å². The first-order chi connectivity index (χ1) is 10.0. The number of aromatic nitrogens is 1. The highest BCUT2D eigenvalue weighted by atomic mass is 16.5. The zero-order valence-corrected chi connectivity index (χ0v) is 12.8. The molecule has 1 aromatic heterocycles. The SMILES string of the molecule is CCOC(=O)CC(O)CNCc1cccnc1OC(C)C. The molecule has 0 bridgehead atoms. The number of esters is 1. The molecule has 0 aliphatic heterocycles. The Morgan fingerprint density at radius 1 is 1.48 bits per heavy atom. The predicted molar refractivity (Wildman–Crippen MR) is 79.0 cm³/mol. The summed E-state index contributed by atoms with van der Waals surface area (Å²) in [7, 11) is 0. The number of nitrogens with one attached hydrogen (secondary N) is 1. The van der Waals surface area contributed by atoms with E-state index in [0.29, 0.717) is 25.6 Å². The number of carbonyl (C=O) groups excluding carboxylic acids is 1. The normalized spacial score (nSPS) is 12.2. The van der Waals surface area contributed by atoms with Gasteiger partial charge in [0.15, 0.2) is 0 Å². The minimum atomic E-state index is -0.768. The molecule has 2 N–H and O–H groups in total. The van der Waals surface area contributed by atoms with E-state index in [1.807, 2.05) is 26.0 Å². The van der Waals surface area contributed by atoms with Gasteiger partial charge >= 0.3 is 5.97 Å². The molecule has 1 aromatic rings. The maximum Gasteiger partial charge on any atom is 0.308 e. The number of ether oxygens (including phenoxy) is 2. The van der Waals surface area contributed by atoms with Gasteiger partial charge in [0.1, 0.15) is 0 Å². The van der Waals surface area contributed by atoms with Crippen LogP contribution in [-0.4, -0.2) is 41.4 Å². The first kappa shape index (κ1) is 17.4. The van der Waals surface area contributed by atoms with E-state index in [4.69, 9.17) is 9.47 Å². The number of rotatable bonds is 9. The highest BCUT2D eigenvalue weighted by Gasteiger charge is 2.12. The summed E-state index contributed by atoms with van der Waals surface area (Å²) >= 11 is 0. The molecule has 0 radical (unpaired) electrons. The molecule has 6 heteroatoms. The average Bonchev–Trinajstić information content (AvgIpc) is 2.40. The van der Waals surface area contributed by atoms with Crippen molar-refractivity contribution in [2.45, 2.75) is 45.9 Å². The van der Waals surface area contributed by atoms with Crippen LogP contribution in [0.1, 0.15) is 32.8 Å². The maximum atomic E-state index is 11.2. The fraction of sp³-hybridized carbons (Fsp3) is 0.600. The number of pyridine rings is 1. The van der Waals surface area contributed by atoms with Gasteiger partial charge in [-0.3, -0.25) is 4.79 Å². The van der Waals surface area contributed by atoms with Crippen LogP contribution in [0, 0.1) is 0 Å². The monoisotopic (exact) mass is 296 g/mol. The van der Waals surface area contributed by atoms with Crippen LogP contribution in [0.3, 0.4) is 0 Å². The van der Waals surface area contributed by atoms with Crippen molar-refractivity contribution in [2.24, 2.45) is 0 Å². The molecule has 0 amide bonds. The Morgan fingerprint density at radius 3 is 2.90 bits per heavy atom. The predicted octanol–water partition coefficient (Wildman–Crippen LogP) is 1.27. The van der Waals surface area contributed by atoms with Gasteiger partial charge in [-0.05, 0) is 26.8 Å². The van der Waals surface area contributed by atoms with E-state index in [2.05, 4.69) is 10.3 Å². The molecule has 0 aliphatic rings. The lowest BCUT2D eigenvalue weighted by molar-refractivity contribution is -0.145. The zero-order chi connectivity index (χ0) is 15.7. The minimum absolute atomic E-state index is 0.0107. The number of aliphatic hydroxyl groups is 1. The number of hydrogen-bond acceptors (Lipinski definition) is 6. The summed E-state index contributed by atoms with van der Waals surface area (Å²) in [5.41, 5.74) is 0.912. The van der Waals surface area contributed by atoms with E-state index < -0.39 is 12.1 Å². The summed E-state index contributed by atoms with van der Waals surface area (Å²) in [6.45, 7) is 6.75. The van der Waals surface area contributed by atoms with Gasteiger partial charge in [-0.2, -0.15) is 0 Å². The largest absolute Gasteiger partial charge is 0.475 e. The molecule has 21 heavy (non-hydrogen) atoms. The van der Waals surface area contributed by atoms with Crippen LogP contribution in [0.25, 0.3) is 0 Å². The topological polar surface area (TPSA) is 80.7 Å². The molecule has 0 spiro atoms. The summed E-state index contributed by atoms with van der Waals surface area (Å²) in [4.78, 5) is 15.4. The van der Waals surface area contributed by atoms with Gasteiger partial charge < -0.3 is 19.9 Å². The van der Waals surface area contributed by atoms with Crippen molar-refractivity contribution < 1.29 is 19.4 Å². The van der Waals surface area contributed by atoms with Crippen LogP contribution < -0.4 is 10.1 Å². The smallest absolute Gasteiger partial charge is 0.308 e. The maximum absolute atomic E-state index is 11.2. The van der Waals surface area contributed by atoms with Gasteiger partial charge in [0.2, 0.25) is 5.88 Å². The third-order valence-electron chi connectivity index (χ3n) is 2.60. The molecular weight excluding hydrogens is 272 g/mol. The summed E-state index contributed by atoms with van der Waals surface area (Å²) in [6.07, 6.45) is 0.947. The molecule has 1 heterocycles. The molecule has 1 rings (SSSR count). The fourth-order valence-electron chi connectivity index (χ4n) is 1.75. The third-order valence-corrected chi connectivity index (χ3v) is 2.60. The molecule has 1 unspecified atom stereocenters. The highest BCUT2D eigenvalue weighted by Crippen LogP contribution is 2.15. The van der Waals surface area contributed by atoms with Crippen LogP contribution in [0.2, 0.25) is 0 Å². The second-order valence-corrected chi connectivity index (χ2v) is 4.93. The van der Waals surface area contributed by atoms with Gasteiger partial charge in [0.25, 0.3) is 0 Å². The number of nitrogens with zero attached hydrogens (tertiary/aromatic N) is 1. The van der Waals surface area contributed by atoms with Crippen molar-refractivity contribution in [3.63, 3.8) is 0 Å². The summed E-state index contributed by atoms with van der Waals surface area (Å²) in [5.74, 6) is 0.192. The highest BCUT2D eigenvalue weighted by molar-refractivity contribution is 5.69. The Bertz CT molecular complexity index is 437. The van der Waals surface area contributed by atoms with Crippen LogP contribution >= 0.6 is 0 Å². The van der Waals surface area contributed by atoms with Crippen LogP contribution in [0.15, 0.2) is 18.3 Å². The van der Waals surface area contributed by atoms with Crippen molar-refractivity contribution >= 4 is 5.97 Å². The van der Waals surface area contributed by atoms with Crippen LogP contribution in [0.4, 0.5) is 0 Å². The van der Waals surface area contributed by atoms with E-state index in [0.717, 1.165) is 5.56 Å². The molecule has 0 saturated carbocycles. The quantitative estimate of drug-likeness (QED) is 0.668. The summed E-state index contributed by atoms with van der Waals surface area (Å²) in [5, 5.41) is 12.8. The summed E-state index contributed by atoms with van der Waals surface area (Å²) in [6, 6.07) is 3.74. The van der Waals surface area contributed by atoms with E-state index in [9.17, 15) is 9.90 Å². The second-order valence-electron chi connectivity index (χ2n) is 4.93. The summed E-state index contributed by atoms with van der Waals surface area (Å²) < 4.78 is 10.4. The van der Waals surface area contributed by atoms with Crippen molar-refractivity contribution in [3.05, 3.63) is 23.9 Å². The minimum Gasteiger partial charge on any atom is -0.475 e.